The van der Waals surface area contributed by atoms with Gasteiger partial charge in [0.1, 0.15) is 5.75 Å². The second kappa shape index (κ2) is 8.94. The number of amides is 2. The van der Waals surface area contributed by atoms with E-state index < -0.39 is 0 Å². The van der Waals surface area contributed by atoms with Gasteiger partial charge in [0, 0.05) is 19.6 Å². The van der Waals surface area contributed by atoms with Crippen molar-refractivity contribution in [3.05, 3.63) is 65.2 Å². The minimum atomic E-state index is 0.173. The van der Waals surface area contributed by atoms with Gasteiger partial charge in [0.05, 0.1) is 6.04 Å². The van der Waals surface area contributed by atoms with Crippen LogP contribution in [0.15, 0.2) is 48.5 Å². The zero-order valence-corrected chi connectivity index (χ0v) is 16.4. The Hall–Kier alpha value is -2.49. The number of rotatable bonds is 8. The molecule has 0 aliphatic carbocycles. The first kappa shape index (κ1) is 19.3. The first-order valence-corrected chi connectivity index (χ1v) is 9.96. The van der Waals surface area contributed by atoms with Crippen LogP contribution in [-0.2, 0) is 13.0 Å². The predicted octanol–water partition coefficient (Wildman–Crippen LogP) is 4.74. The third kappa shape index (κ3) is 5.03. The first-order chi connectivity index (χ1) is 13.1. The summed E-state index contributed by atoms with van der Waals surface area (Å²) < 4.78 is 0. The summed E-state index contributed by atoms with van der Waals surface area (Å²) in [4.78, 5) is 16.9. The van der Waals surface area contributed by atoms with Crippen LogP contribution in [0.5, 0.6) is 5.75 Å². The molecule has 0 spiro atoms. The number of phenols is 1. The zero-order valence-electron chi connectivity index (χ0n) is 16.4. The minimum absolute atomic E-state index is 0.173. The summed E-state index contributed by atoms with van der Waals surface area (Å²) in [7, 11) is 0. The summed E-state index contributed by atoms with van der Waals surface area (Å²) in [6, 6.07) is 16.3. The van der Waals surface area contributed by atoms with Crippen molar-refractivity contribution in [2.75, 3.05) is 13.1 Å². The number of aryl methyl sites for hydroxylation is 2. The Labute approximate surface area is 162 Å². The van der Waals surface area contributed by atoms with Crippen LogP contribution in [0.4, 0.5) is 4.79 Å². The van der Waals surface area contributed by atoms with Crippen molar-refractivity contribution >= 4 is 6.03 Å². The van der Waals surface area contributed by atoms with E-state index in [0.29, 0.717) is 18.3 Å². The van der Waals surface area contributed by atoms with E-state index in [1.165, 1.54) is 16.7 Å². The lowest BCUT2D eigenvalue weighted by molar-refractivity contribution is 0.183. The Morgan fingerprint density at radius 1 is 1.04 bits per heavy atom. The third-order valence-corrected chi connectivity index (χ3v) is 5.29. The van der Waals surface area contributed by atoms with Crippen molar-refractivity contribution in [1.82, 2.24) is 9.80 Å². The first-order valence-electron chi connectivity index (χ1n) is 9.96. The van der Waals surface area contributed by atoms with Gasteiger partial charge >= 0.3 is 6.03 Å². The molecule has 1 aliphatic rings. The molecule has 1 unspecified atom stereocenters. The van der Waals surface area contributed by atoms with Crippen molar-refractivity contribution in [2.24, 2.45) is 0 Å². The summed E-state index contributed by atoms with van der Waals surface area (Å²) >= 11 is 0. The lowest BCUT2D eigenvalue weighted by Gasteiger charge is -2.22. The Bertz CT molecular complexity index is 740. The fourth-order valence-electron chi connectivity index (χ4n) is 3.79. The molecule has 1 saturated heterocycles. The van der Waals surface area contributed by atoms with E-state index in [2.05, 4.69) is 43.0 Å². The van der Waals surface area contributed by atoms with Gasteiger partial charge in [-0.2, -0.15) is 0 Å². The maximum absolute atomic E-state index is 12.9. The van der Waals surface area contributed by atoms with Crippen LogP contribution < -0.4 is 0 Å². The molecule has 2 aromatic rings. The van der Waals surface area contributed by atoms with Crippen molar-refractivity contribution in [3.8, 4) is 5.75 Å². The second-order valence-corrected chi connectivity index (χ2v) is 7.55. The van der Waals surface area contributed by atoms with Crippen LogP contribution in [0.25, 0.3) is 0 Å². The topological polar surface area (TPSA) is 43.8 Å². The number of hydrogen-bond acceptors (Lipinski definition) is 2. The number of aromatic hydroxyl groups is 1. The molecule has 0 aromatic heterocycles. The van der Waals surface area contributed by atoms with E-state index in [-0.39, 0.29) is 6.03 Å². The molecule has 1 fully saturated rings. The normalized spacial score (nSPS) is 17.0. The van der Waals surface area contributed by atoms with Crippen molar-refractivity contribution in [2.45, 2.75) is 52.1 Å². The fourth-order valence-corrected chi connectivity index (χ4v) is 3.79. The SMILES string of the molecule is CCCN1C(=O)N(Cc2ccc(C)cc2)CC1CCCc1ccc(O)cc1. The minimum Gasteiger partial charge on any atom is -0.508 e. The standard InChI is InChI=1S/C23H30N2O2/c1-3-15-25-21(6-4-5-19-11-13-22(26)14-12-19)17-24(23(25)27)16-20-9-7-18(2)8-10-20/h7-14,21,26H,3-6,15-17H2,1-2H3. The van der Waals surface area contributed by atoms with Gasteiger partial charge < -0.3 is 14.9 Å². The van der Waals surface area contributed by atoms with Gasteiger partial charge in [-0.15, -0.1) is 0 Å². The summed E-state index contributed by atoms with van der Waals surface area (Å²) in [5, 5.41) is 9.39. The van der Waals surface area contributed by atoms with Gasteiger partial charge in [0.2, 0.25) is 0 Å². The number of benzene rings is 2. The molecule has 2 amide bonds. The number of carbonyl (C=O) groups is 1. The van der Waals surface area contributed by atoms with E-state index >= 15 is 0 Å². The molecule has 3 rings (SSSR count). The molecule has 4 nitrogen and oxygen atoms in total. The summed E-state index contributed by atoms with van der Waals surface area (Å²) in [6.07, 6.45) is 4.01. The molecule has 1 aliphatic heterocycles. The largest absolute Gasteiger partial charge is 0.508 e. The molecule has 2 aromatic carbocycles. The number of carbonyl (C=O) groups excluding carboxylic acids is 1. The molecular formula is C23H30N2O2. The molecule has 1 N–H and O–H groups in total. The third-order valence-electron chi connectivity index (χ3n) is 5.29. The van der Waals surface area contributed by atoms with Crippen LogP contribution in [0.2, 0.25) is 0 Å². The van der Waals surface area contributed by atoms with Gasteiger partial charge in [-0.25, -0.2) is 4.79 Å². The van der Waals surface area contributed by atoms with Crippen molar-refractivity contribution in [3.63, 3.8) is 0 Å². The molecule has 1 heterocycles. The Kier molecular flexibility index (Phi) is 6.38. The van der Waals surface area contributed by atoms with E-state index in [1.807, 2.05) is 17.0 Å². The molecule has 144 valence electrons. The Balaban J connectivity index is 1.58. The lowest BCUT2D eigenvalue weighted by Crippen LogP contribution is -2.35. The van der Waals surface area contributed by atoms with Crippen LogP contribution in [-0.4, -0.2) is 40.1 Å². The summed E-state index contributed by atoms with van der Waals surface area (Å²) in [5.74, 6) is 0.306. The molecule has 0 saturated carbocycles. The highest BCUT2D eigenvalue weighted by Gasteiger charge is 2.35. The molecule has 0 bridgehead atoms. The molecular weight excluding hydrogens is 336 g/mol. The molecule has 4 heteroatoms. The maximum atomic E-state index is 12.9. The average Bonchev–Trinajstić information content (AvgIpc) is 2.95. The Morgan fingerprint density at radius 2 is 1.70 bits per heavy atom. The smallest absolute Gasteiger partial charge is 0.320 e. The van der Waals surface area contributed by atoms with E-state index in [0.717, 1.165) is 38.8 Å². The molecule has 27 heavy (non-hydrogen) atoms. The van der Waals surface area contributed by atoms with Gasteiger partial charge in [0.15, 0.2) is 0 Å². The summed E-state index contributed by atoms with van der Waals surface area (Å²) in [5.41, 5.74) is 3.66. The predicted molar refractivity (Wildman–Crippen MR) is 109 cm³/mol. The molecule has 0 radical (unpaired) electrons. The van der Waals surface area contributed by atoms with Crippen LogP contribution in [0, 0.1) is 6.92 Å². The number of hydrogen-bond donors (Lipinski definition) is 1. The lowest BCUT2D eigenvalue weighted by atomic mass is 10.0. The summed E-state index contributed by atoms with van der Waals surface area (Å²) in [6.45, 7) is 6.53. The van der Waals surface area contributed by atoms with Crippen molar-refractivity contribution < 1.29 is 9.90 Å². The van der Waals surface area contributed by atoms with Gasteiger partial charge in [-0.05, 0) is 55.9 Å². The maximum Gasteiger partial charge on any atom is 0.320 e. The number of urea groups is 1. The van der Waals surface area contributed by atoms with Gasteiger partial charge in [-0.3, -0.25) is 0 Å². The van der Waals surface area contributed by atoms with Gasteiger partial charge in [-0.1, -0.05) is 48.9 Å². The van der Waals surface area contributed by atoms with Gasteiger partial charge in [0.25, 0.3) is 0 Å². The van der Waals surface area contributed by atoms with E-state index in [4.69, 9.17) is 0 Å². The van der Waals surface area contributed by atoms with Crippen LogP contribution >= 0.6 is 0 Å². The van der Waals surface area contributed by atoms with Crippen LogP contribution in [0.1, 0.15) is 42.9 Å². The number of nitrogens with zero attached hydrogens (tertiary/aromatic N) is 2. The Morgan fingerprint density at radius 3 is 2.37 bits per heavy atom. The monoisotopic (exact) mass is 366 g/mol. The quantitative estimate of drug-likeness (QED) is 0.733. The highest BCUT2D eigenvalue weighted by atomic mass is 16.3. The van der Waals surface area contributed by atoms with Crippen LogP contribution in [0.3, 0.4) is 0 Å². The van der Waals surface area contributed by atoms with E-state index in [9.17, 15) is 9.90 Å². The second-order valence-electron chi connectivity index (χ2n) is 7.55. The zero-order chi connectivity index (χ0) is 19.2. The van der Waals surface area contributed by atoms with E-state index in [1.54, 1.807) is 12.1 Å². The van der Waals surface area contributed by atoms with Crippen molar-refractivity contribution in [1.29, 1.82) is 0 Å². The highest BCUT2D eigenvalue weighted by molar-refractivity contribution is 5.77. The highest BCUT2D eigenvalue weighted by Crippen LogP contribution is 2.23. The number of phenolic OH excluding ortho intramolecular Hbond substituents is 1. The average molecular weight is 367 g/mol. The fraction of sp³-hybridized carbons (Fsp3) is 0.435. The molecule has 1 atom stereocenters.